The minimum absolute atomic E-state index is 0.134. The van der Waals surface area contributed by atoms with E-state index in [1.807, 2.05) is 32.1 Å². The molecule has 1 heteroatoms. The maximum absolute atomic E-state index is 10.8. The van der Waals surface area contributed by atoms with E-state index in [0.29, 0.717) is 12.3 Å². The minimum atomic E-state index is 0.134. The Morgan fingerprint density at radius 1 is 1.28 bits per heavy atom. The van der Waals surface area contributed by atoms with E-state index in [4.69, 9.17) is 0 Å². The number of hydrogen-bond donors (Lipinski definition) is 0. The van der Waals surface area contributed by atoms with Gasteiger partial charge in [-0.1, -0.05) is 43.9 Å². The Morgan fingerprint density at radius 3 is 2.61 bits per heavy atom. The van der Waals surface area contributed by atoms with Crippen LogP contribution in [0.2, 0.25) is 0 Å². The van der Waals surface area contributed by atoms with Crippen molar-refractivity contribution in [1.82, 2.24) is 0 Å². The summed E-state index contributed by atoms with van der Waals surface area (Å²) < 4.78 is 0. The molecule has 0 aliphatic heterocycles. The van der Waals surface area contributed by atoms with Gasteiger partial charge in [-0.15, -0.1) is 11.8 Å². The average molecular weight is 242 g/mol. The summed E-state index contributed by atoms with van der Waals surface area (Å²) in [6.45, 7) is 7.55. The van der Waals surface area contributed by atoms with Crippen molar-refractivity contribution in [2.75, 3.05) is 0 Å². The first-order chi connectivity index (χ1) is 8.56. The van der Waals surface area contributed by atoms with Crippen LogP contribution in [0.15, 0.2) is 24.3 Å². The second kappa shape index (κ2) is 10.4. The van der Waals surface area contributed by atoms with Crippen LogP contribution < -0.4 is 0 Å². The number of allylic oxidation sites excluding steroid dienone is 4. The molecule has 0 heterocycles. The van der Waals surface area contributed by atoms with Gasteiger partial charge in [-0.25, -0.2) is 0 Å². The van der Waals surface area contributed by atoms with Crippen LogP contribution in [-0.4, -0.2) is 5.78 Å². The van der Waals surface area contributed by atoms with Gasteiger partial charge in [0.25, 0.3) is 0 Å². The van der Waals surface area contributed by atoms with Crippen LogP contribution in [-0.2, 0) is 4.79 Å². The van der Waals surface area contributed by atoms with Crippen molar-refractivity contribution < 1.29 is 4.79 Å². The van der Waals surface area contributed by atoms with Crippen LogP contribution >= 0.6 is 0 Å². The molecule has 0 radical (unpaired) electrons. The van der Waals surface area contributed by atoms with Gasteiger partial charge in [-0.2, -0.15) is 0 Å². The lowest BCUT2D eigenvalue weighted by Gasteiger charge is -1.97. The fraction of sp³-hybridized carbons (Fsp3) is 0.471. The van der Waals surface area contributed by atoms with Gasteiger partial charge in [0.05, 0.1) is 0 Å². The largest absolute Gasteiger partial charge is 0.300 e. The van der Waals surface area contributed by atoms with E-state index in [9.17, 15) is 4.79 Å². The molecule has 0 aromatic rings. The molecular weight excluding hydrogens is 220 g/mol. The van der Waals surface area contributed by atoms with E-state index < -0.39 is 0 Å². The van der Waals surface area contributed by atoms with Crippen molar-refractivity contribution in [3.8, 4) is 23.7 Å². The summed E-state index contributed by atoms with van der Waals surface area (Å²) >= 11 is 0. The Labute approximate surface area is 111 Å². The molecule has 0 rings (SSSR count). The molecule has 96 valence electrons. The van der Waals surface area contributed by atoms with Gasteiger partial charge in [0.2, 0.25) is 0 Å². The van der Waals surface area contributed by atoms with Crippen LogP contribution in [0, 0.1) is 35.5 Å². The third kappa shape index (κ3) is 10.8. The molecule has 2 atom stereocenters. The zero-order chi connectivity index (χ0) is 13.8. The lowest BCUT2D eigenvalue weighted by Crippen LogP contribution is -1.98. The number of hydrogen-bond acceptors (Lipinski definition) is 1. The number of rotatable bonds is 5. The number of carbonyl (C=O) groups excluding carboxylic acids is 1. The monoisotopic (exact) mass is 242 g/mol. The molecule has 1 nitrogen and oxygen atoms in total. The van der Waals surface area contributed by atoms with E-state index in [0.717, 1.165) is 6.42 Å². The molecule has 0 aromatic carbocycles. The second-order valence-electron chi connectivity index (χ2n) is 4.45. The molecule has 0 spiro atoms. The quantitative estimate of drug-likeness (QED) is 0.530. The Bertz CT molecular complexity index is 418. The predicted molar refractivity (Wildman–Crippen MR) is 77.7 cm³/mol. The van der Waals surface area contributed by atoms with Gasteiger partial charge in [0.1, 0.15) is 5.78 Å². The number of carbonyl (C=O) groups is 1. The Kier molecular flexibility index (Phi) is 9.42. The summed E-state index contributed by atoms with van der Waals surface area (Å²) in [6, 6.07) is 0. The maximum atomic E-state index is 10.8. The smallest absolute Gasteiger partial charge is 0.131 e. The summed E-state index contributed by atoms with van der Waals surface area (Å²) in [7, 11) is 0. The lowest BCUT2D eigenvalue weighted by atomic mass is 10.1. The van der Waals surface area contributed by atoms with E-state index in [-0.39, 0.29) is 11.7 Å². The first-order valence-corrected chi connectivity index (χ1v) is 6.29. The first kappa shape index (κ1) is 16.3. The summed E-state index contributed by atoms with van der Waals surface area (Å²) in [5.41, 5.74) is 0. The van der Waals surface area contributed by atoms with Crippen LogP contribution in [0.3, 0.4) is 0 Å². The van der Waals surface area contributed by atoms with Gasteiger partial charge in [-0.3, -0.25) is 4.79 Å². The Morgan fingerprint density at radius 2 is 2.00 bits per heavy atom. The highest BCUT2D eigenvalue weighted by atomic mass is 16.1. The third-order valence-corrected chi connectivity index (χ3v) is 2.25. The third-order valence-electron chi connectivity index (χ3n) is 2.25. The Balaban J connectivity index is 4.02. The average Bonchev–Trinajstić information content (AvgIpc) is 2.30. The SMILES string of the molecule is CC#CC[C@@H](C)/C=C/C=C/C#C[C@@H](C)CC(C)=O. The molecule has 0 saturated heterocycles. The van der Waals surface area contributed by atoms with Crippen LogP contribution in [0.5, 0.6) is 0 Å². The molecule has 0 N–H and O–H groups in total. The lowest BCUT2D eigenvalue weighted by molar-refractivity contribution is -0.117. The normalized spacial score (nSPS) is 13.6. The molecular formula is C17H22O. The van der Waals surface area contributed by atoms with Gasteiger partial charge in [-0.05, 0) is 25.8 Å². The molecule has 0 bridgehead atoms. The highest BCUT2D eigenvalue weighted by Crippen LogP contribution is 2.02. The van der Waals surface area contributed by atoms with Crippen molar-refractivity contribution in [1.29, 1.82) is 0 Å². The Hall–Kier alpha value is -1.73. The van der Waals surface area contributed by atoms with Crippen LogP contribution in [0.4, 0.5) is 0 Å². The summed E-state index contributed by atoms with van der Waals surface area (Å²) in [6.07, 6.45) is 9.26. The van der Waals surface area contributed by atoms with Crippen molar-refractivity contribution in [2.24, 2.45) is 11.8 Å². The molecule has 18 heavy (non-hydrogen) atoms. The molecule has 0 aliphatic rings. The molecule has 0 amide bonds. The van der Waals surface area contributed by atoms with Gasteiger partial charge >= 0.3 is 0 Å². The fourth-order valence-corrected chi connectivity index (χ4v) is 1.36. The number of Topliss-reactive ketones (excluding diaryl/α,β-unsaturated/α-hetero) is 1. The maximum Gasteiger partial charge on any atom is 0.131 e. The van der Waals surface area contributed by atoms with Crippen molar-refractivity contribution in [3.05, 3.63) is 24.3 Å². The van der Waals surface area contributed by atoms with Crippen LogP contribution in [0.1, 0.15) is 40.5 Å². The topological polar surface area (TPSA) is 17.1 Å². The standard InChI is InChI=1S/C17H22O/c1-5-6-11-15(2)12-9-7-8-10-13-16(3)14-17(4)18/h7-9,12,15-16H,11,14H2,1-4H3/b8-7+,12-9+/t15-,16-/m1/s1. The van der Waals surface area contributed by atoms with Crippen LogP contribution in [0.25, 0.3) is 0 Å². The van der Waals surface area contributed by atoms with Gasteiger partial charge < -0.3 is 0 Å². The molecule has 0 aliphatic carbocycles. The molecule has 0 fully saturated rings. The van der Waals surface area contributed by atoms with E-state index in [1.54, 1.807) is 6.92 Å². The second-order valence-corrected chi connectivity index (χ2v) is 4.45. The highest BCUT2D eigenvalue weighted by Gasteiger charge is 1.99. The zero-order valence-electron chi connectivity index (χ0n) is 11.8. The van der Waals surface area contributed by atoms with E-state index >= 15 is 0 Å². The summed E-state index contributed by atoms with van der Waals surface area (Å²) in [5.74, 6) is 12.7. The van der Waals surface area contributed by atoms with Gasteiger partial charge in [0, 0.05) is 18.8 Å². The highest BCUT2D eigenvalue weighted by molar-refractivity contribution is 5.76. The van der Waals surface area contributed by atoms with Crippen molar-refractivity contribution >= 4 is 5.78 Å². The first-order valence-electron chi connectivity index (χ1n) is 6.29. The molecule has 0 unspecified atom stereocenters. The summed E-state index contributed by atoms with van der Waals surface area (Å²) in [5, 5.41) is 0. The van der Waals surface area contributed by atoms with Gasteiger partial charge in [0.15, 0.2) is 0 Å². The predicted octanol–water partition coefficient (Wildman–Crippen LogP) is 3.77. The van der Waals surface area contributed by atoms with Crippen molar-refractivity contribution in [3.63, 3.8) is 0 Å². The number of ketones is 1. The zero-order valence-corrected chi connectivity index (χ0v) is 11.8. The minimum Gasteiger partial charge on any atom is -0.300 e. The summed E-state index contributed by atoms with van der Waals surface area (Å²) in [4.78, 5) is 10.8. The molecule has 0 aromatic heterocycles. The van der Waals surface area contributed by atoms with E-state index in [2.05, 4.69) is 36.7 Å². The van der Waals surface area contributed by atoms with Crippen molar-refractivity contribution in [2.45, 2.75) is 40.5 Å². The fourth-order valence-electron chi connectivity index (χ4n) is 1.36. The molecule has 0 saturated carbocycles. The van der Waals surface area contributed by atoms with E-state index in [1.165, 1.54) is 0 Å².